The first-order valence-corrected chi connectivity index (χ1v) is 7.62. The molecule has 0 aliphatic rings. The molecule has 118 valence electrons. The van der Waals surface area contributed by atoms with Gasteiger partial charge in [-0.15, -0.1) is 0 Å². The molecule has 0 unspecified atom stereocenters. The molecule has 0 aliphatic carbocycles. The van der Waals surface area contributed by atoms with Crippen molar-refractivity contribution in [2.45, 2.75) is 6.92 Å². The van der Waals surface area contributed by atoms with Gasteiger partial charge in [0, 0.05) is 15.4 Å². The molecular formula is C17H13BrFNO3. The number of hydrogen-bond donors (Lipinski definition) is 1. The van der Waals surface area contributed by atoms with Crippen molar-refractivity contribution < 1.29 is 18.3 Å². The zero-order valence-electron chi connectivity index (χ0n) is 12.4. The van der Waals surface area contributed by atoms with E-state index in [1.165, 1.54) is 25.3 Å². The third kappa shape index (κ3) is 2.94. The summed E-state index contributed by atoms with van der Waals surface area (Å²) in [7, 11) is 1.52. The molecule has 0 spiro atoms. The fourth-order valence-corrected chi connectivity index (χ4v) is 2.73. The van der Waals surface area contributed by atoms with Crippen molar-refractivity contribution in [3.8, 4) is 5.75 Å². The number of hydrogen-bond acceptors (Lipinski definition) is 3. The van der Waals surface area contributed by atoms with Crippen molar-refractivity contribution in [2.75, 3.05) is 12.4 Å². The van der Waals surface area contributed by atoms with E-state index in [4.69, 9.17) is 9.15 Å². The minimum atomic E-state index is -0.421. The van der Waals surface area contributed by atoms with Crippen molar-refractivity contribution in [2.24, 2.45) is 0 Å². The summed E-state index contributed by atoms with van der Waals surface area (Å²) in [6.45, 7) is 1.72. The van der Waals surface area contributed by atoms with Gasteiger partial charge in [-0.3, -0.25) is 4.79 Å². The summed E-state index contributed by atoms with van der Waals surface area (Å²) in [6, 6.07) is 9.43. The molecule has 4 nitrogen and oxygen atoms in total. The Labute approximate surface area is 140 Å². The molecule has 0 atom stereocenters. The molecule has 6 heteroatoms. The number of amides is 1. The molecule has 0 aliphatic heterocycles. The van der Waals surface area contributed by atoms with Gasteiger partial charge in [-0.25, -0.2) is 4.39 Å². The third-order valence-electron chi connectivity index (χ3n) is 3.51. The van der Waals surface area contributed by atoms with Gasteiger partial charge in [0.05, 0.1) is 12.8 Å². The van der Waals surface area contributed by atoms with E-state index >= 15 is 0 Å². The SMILES string of the molecule is COc1ccc(Br)cc1NC(=O)c1oc2ccc(F)cc2c1C. The lowest BCUT2D eigenvalue weighted by atomic mass is 10.1. The van der Waals surface area contributed by atoms with Crippen molar-refractivity contribution in [1.82, 2.24) is 0 Å². The number of methoxy groups -OCH3 is 1. The highest BCUT2D eigenvalue weighted by Crippen LogP contribution is 2.30. The molecule has 23 heavy (non-hydrogen) atoms. The smallest absolute Gasteiger partial charge is 0.291 e. The quantitative estimate of drug-likeness (QED) is 0.705. The average Bonchev–Trinajstić information content (AvgIpc) is 2.84. The Morgan fingerprint density at radius 1 is 1.26 bits per heavy atom. The van der Waals surface area contributed by atoms with Gasteiger partial charge < -0.3 is 14.5 Å². The van der Waals surface area contributed by atoms with E-state index in [9.17, 15) is 9.18 Å². The maximum Gasteiger partial charge on any atom is 0.291 e. The van der Waals surface area contributed by atoms with Crippen LogP contribution in [0.25, 0.3) is 11.0 Å². The predicted molar refractivity (Wildman–Crippen MR) is 89.6 cm³/mol. The van der Waals surface area contributed by atoms with Crippen LogP contribution in [0, 0.1) is 12.7 Å². The maximum absolute atomic E-state index is 13.4. The van der Waals surface area contributed by atoms with Crippen LogP contribution in [0.2, 0.25) is 0 Å². The number of rotatable bonds is 3. The first-order chi connectivity index (χ1) is 11.0. The minimum Gasteiger partial charge on any atom is -0.495 e. The van der Waals surface area contributed by atoms with Crippen LogP contribution in [0.5, 0.6) is 5.75 Å². The molecule has 1 heterocycles. The summed E-state index contributed by atoms with van der Waals surface area (Å²) in [5, 5.41) is 3.33. The summed E-state index contributed by atoms with van der Waals surface area (Å²) < 4.78 is 24.9. The van der Waals surface area contributed by atoms with Crippen LogP contribution in [0.15, 0.2) is 45.3 Å². The van der Waals surface area contributed by atoms with Gasteiger partial charge in [-0.2, -0.15) is 0 Å². The topological polar surface area (TPSA) is 51.5 Å². The van der Waals surface area contributed by atoms with Crippen LogP contribution >= 0.6 is 15.9 Å². The van der Waals surface area contributed by atoms with Crippen LogP contribution in [0.1, 0.15) is 16.1 Å². The van der Waals surface area contributed by atoms with Crippen molar-refractivity contribution in [1.29, 1.82) is 0 Å². The highest BCUT2D eigenvalue weighted by atomic mass is 79.9. The van der Waals surface area contributed by atoms with E-state index in [2.05, 4.69) is 21.2 Å². The Morgan fingerprint density at radius 2 is 2.04 bits per heavy atom. The van der Waals surface area contributed by atoms with Gasteiger partial charge in [0.2, 0.25) is 0 Å². The average molecular weight is 378 g/mol. The second-order valence-corrected chi connectivity index (χ2v) is 5.91. The highest BCUT2D eigenvalue weighted by Gasteiger charge is 2.19. The fraction of sp³-hybridized carbons (Fsp3) is 0.118. The van der Waals surface area contributed by atoms with E-state index in [0.717, 1.165) is 4.47 Å². The normalized spacial score (nSPS) is 10.8. The molecule has 0 saturated carbocycles. The van der Waals surface area contributed by atoms with Gasteiger partial charge in [-0.05, 0) is 43.3 Å². The van der Waals surface area contributed by atoms with Crippen molar-refractivity contribution in [3.63, 3.8) is 0 Å². The molecule has 1 aromatic heterocycles. The molecule has 3 rings (SSSR count). The summed E-state index contributed by atoms with van der Waals surface area (Å²) in [6.07, 6.45) is 0. The Morgan fingerprint density at radius 3 is 2.78 bits per heavy atom. The number of nitrogens with one attached hydrogen (secondary N) is 1. The molecule has 0 saturated heterocycles. The summed E-state index contributed by atoms with van der Waals surface area (Å²) >= 11 is 3.35. The standard InChI is InChI=1S/C17H13BrFNO3/c1-9-12-8-11(19)4-6-14(12)23-16(9)17(21)20-13-7-10(18)3-5-15(13)22-2/h3-8H,1-2H3,(H,20,21). The van der Waals surface area contributed by atoms with Crippen molar-refractivity contribution >= 4 is 38.5 Å². The van der Waals surface area contributed by atoms with Gasteiger partial charge in [0.15, 0.2) is 5.76 Å². The highest BCUT2D eigenvalue weighted by molar-refractivity contribution is 9.10. The lowest BCUT2D eigenvalue weighted by Crippen LogP contribution is -2.13. The Kier molecular flexibility index (Phi) is 4.09. The molecule has 0 fully saturated rings. The Balaban J connectivity index is 1.98. The largest absolute Gasteiger partial charge is 0.495 e. The van der Waals surface area contributed by atoms with Gasteiger partial charge in [-0.1, -0.05) is 15.9 Å². The van der Waals surface area contributed by atoms with Gasteiger partial charge in [0.25, 0.3) is 5.91 Å². The zero-order valence-corrected chi connectivity index (χ0v) is 14.0. The number of halogens is 2. The fourth-order valence-electron chi connectivity index (χ4n) is 2.37. The summed E-state index contributed by atoms with van der Waals surface area (Å²) in [5.74, 6) is -0.119. The summed E-state index contributed by atoms with van der Waals surface area (Å²) in [4.78, 5) is 12.5. The maximum atomic E-state index is 13.4. The lowest BCUT2D eigenvalue weighted by Gasteiger charge is -2.09. The van der Waals surface area contributed by atoms with E-state index in [1.54, 1.807) is 19.1 Å². The predicted octanol–water partition coefficient (Wildman–Crippen LogP) is 4.90. The Hall–Kier alpha value is -2.34. The number of anilines is 1. The molecule has 1 amide bonds. The zero-order chi connectivity index (χ0) is 16.6. The van der Waals surface area contributed by atoms with Crippen LogP contribution in [-0.4, -0.2) is 13.0 Å². The van der Waals surface area contributed by atoms with Crippen LogP contribution in [0.3, 0.4) is 0 Å². The van der Waals surface area contributed by atoms with Gasteiger partial charge in [0.1, 0.15) is 17.1 Å². The van der Waals surface area contributed by atoms with Crippen LogP contribution in [-0.2, 0) is 0 Å². The third-order valence-corrected chi connectivity index (χ3v) is 4.01. The first-order valence-electron chi connectivity index (χ1n) is 6.83. The minimum absolute atomic E-state index is 0.146. The molecular weight excluding hydrogens is 365 g/mol. The lowest BCUT2D eigenvalue weighted by molar-refractivity contribution is 0.0997. The number of furan rings is 1. The van der Waals surface area contributed by atoms with Gasteiger partial charge >= 0.3 is 0 Å². The first kappa shape index (κ1) is 15.6. The number of ether oxygens (including phenoxy) is 1. The summed E-state index contributed by atoms with van der Waals surface area (Å²) in [5.41, 5.74) is 1.57. The van der Waals surface area contributed by atoms with Crippen LogP contribution in [0.4, 0.5) is 10.1 Å². The molecule has 1 N–H and O–H groups in total. The van der Waals surface area contributed by atoms with E-state index < -0.39 is 5.91 Å². The second kappa shape index (κ2) is 6.04. The molecule has 0 bridgehead atoms. The number of carbonyl (C=O) groups excluding carboxylic acids is 1. The molecule has 0 radical (unpaired) electrons. The number of benzene rings is 2. The van der Waals surface area contributed by atoms with E-state index in [1.807, 2.05) is 6.07 Å². The monoisotopic (exact) mass is 377 g/mol. The molecule has 2 aromatic carbocycles. The number of aryl methyl sites for hydroxylation is 1. The van der Waals surface area contributed by atoms with Crippen molar-refractivity contribution in [3.05, 3.63) is 58.0 Å². The number of fused-ring (bicyclic) bond motifs is 1. The van der Waals surface area contributed by atoms with E-state index in [0.29, 0.717) is 28.0 Å². The number of carbonyl (C=O) groups is 1. The Bertz CT molecular complexity index is 904. The molecule has 3 aromatic rings. The second-order valence-electron chi connectivity index (χ2n) is 5.00. The van der Waals surface area contributed by atoms with E-state index in [-0.39, 0.29) is 11.6 Å². The van der Waals surface area contributed by atoms with Crippen LogP contribution < -0.4 is 10.1 Å².